The summed E-state index contributed by atoms with van der Waals surface area (Å²) in [7, 11) is -4.10. The summed E-state index contributed by atoms with van der Waals surface area (Å²) in [5.74, 6) is -1.65. The minimum atomic E-state index is -4.78. The number of ether oxygens (including phenoxy) is 1. The van der Waals surface area contributed by atoms with Crippen molar-refractivity contribution in [2.24, 2.45) is 0 Å². The van der Waals surface area contributed by atoms with E-state index in [2.05, 4.69) is 4.98 Å². The second-order valence-electron chi connectivity index (χ2n) is 8.73. The van der Waals surface area contributed by atoms with Crippen molar-refractivity contribution in [3.63, 3.8) is 0 Å². The minimum Gasteiger partial charge on any atom is -0.508 e. The van der Waals surface area contributed by atoms with Crippen LogP contribution < -0.4 is 9.64 Å². The number of anilines is 1. The molecule has 7 nitrogen and oxygen atoms in total. The van der Waals surface area contributed by atoms with Gasteiger partial charge in [0, 0.05) is 31.8 Å². The number of pyridine rings is 1. The fourth-order valence-electron chi connectivity index (χ4n) is 3.44. The Labute approximate surface area is 189 Å². The van der Waals surface area contributed by atoms with E-state index in [-0.39, 0.29) is 36.1 Å². The zero-order chi connectivity index (χ0) is 24.6. The van der Waals surface area contributed by atoms with Crippen molar-refractivity contribution in [1.29, 1.82) is 0 Å². The fraction of sp³-hybridized carbons (Fsp3) is 0.476. The SMILES string of the molecule is CC(C)(C)Oc1cc(O)cc(N2CCN(S(=O)(=O)Cc3ccc(F)cc3)CC2C(F)(F)F)n1. The summed E-state index contributed by atoms with van der Waals surface area (Å²) < 4.78 is 86.9. The summed E-state index contributed by atoms with van der Waals surface area (Å²) >= 11 is 0. The number of benzene rings is 1. The topological polar surface area (TPSA) is 83.0 Å². The van der Waals surface area contributed by atoms with Crippen molar-refractivity contribution >= 4 is 15.8 Å². The molecule has 1 N–H and O–H groups in total. The molecule has 182 valence electrons. The third kappa shape index (κ3) is 6.47. The van der Waals surface area contributed by atoms with E-state index in [0.717, 1.165) is 27.4 Å². The number of hydrogen-bond donors (Lipinski definition) is 1. The van der Waals surface area contributed by atoms with Gasteiger partial charge in [0.15, 0.2) is 0 Å². The first-order chi connectivity index (χ1) is 15.1. The quantitative estimate of drug-likeness (QED) is 0.643. The average Bonchev–Trinajstić information content (AvgIpc) is 2.66. The maximum Gasteiger partial charge on any atom is 0.410 e. The Kier molecular flexibility index (Phi) is 6.81. The summed E-state index contributed by atoms with van der Waals surface area (Å²) in [6, 6.07) is 4.82. The van der Waals surface area contributed by atoms with Crippen molar-refractivity contribution in [2.75, 3.05) is 24.5 Å². The zero-order valence-electron chi connectivity index (χ0n) is 18.3. The van der Waals surface area contributed by atoms with Crippen LogP contribution in [-0.2, 0) is 15.8 Å². The van der Waals surface area contributed by atoms with Gasteiger partial charge in [-0.1, -0.05) is 12.1 Å². The standard InChI is InChI=1S/C21H25F4N3O4S/c1-20(2,3)32-19-11-16(29)10-18(26-19)28-9-8-27(12-17(28)21(23,24)25)33(30,31)13-14-4-6-15(22)7-5-14/h4-7,10-11,17H,8-9,12-13H2,1-3H3,(H,26,29). The number of rotatable bonds is 5. The van der Waals surface area contributed by atoms with Gasteiger partial charge in [-0.2, -0.15) is 22.5 Å². The van der Waals surface area contributed by atoms with Gasteiger partial charge < -0.3 is 14.7 Å². The van der Waals surface area contributed by atoms with E-state index in [1.165, 1.54) is 18.2 Å². The van der Waals surface area contributed by atoms with Crippen LogP contribution in [0.15, 0.2) is 36.4 Å². The lowest BCUT2D eigenvalue weighted by atomic mass is 10.1. The van der Waals surface area contributed by atoms with Crippen molar-refractivity contribution in [3.05, 3.63) is 47.8 Å². The Bertz CT molecular complexity index is 1090. The molecule has 3 rings (SSSR count). The Morgan fingerprint density at radius 3 is 2.33 bits per heavy atom. The lowest BCUT2D eigenvalue weighted by molar-refractivity contribution is -0.153. The molecule has 0 radical (unpaired) electrons. The van der Waals surface area contributed by atoms with Crippen LogP contribution in [-0.4, -0.2) is 60.3 Å². The van der Waals surface area contributed by atoms with E-state index in [4.69, 9.17) is 4.74 Å². The first-order valence-corrected chi connectivity index (χ1v) is 11.7. The monoisotopic (exact) mass is 491 g/mol. The highest BCUT2D eigenvalue weighted by Gasteiger charge is 2.49. The molecule has 0 saturated carbocycles. The summed E-state index contributed by atoms with van der Waals surface area (Å²) in [6.07, 6.45) is -4.78. The first kappa shape index (κ1) is 25.0. The summed E-state index contributed by atoms with van der Waals surface area (Å²) in [5, 5.41) is 10.0. The van der Waals surface area contributed by atoms with Crippen LogP contribution in [0.25, 0.3) is 0 Å². The highest BCUT2D eigenvalue weighted by Crippen LogP contribution is 2.35. The molecule has 12 heteroatoms. The van der Waals surface area contributed by atoms with Crippen LogP contribution in [0.4, 0.5) is 23.4 Å². The number of nitrogens with zero attached hydrogens (tertiary/aromatic N) is 3. The van der Waals surface area contributed by atoms with Crippen LogP contribution in [0.3, 0.4) is 0 Å². The Morgan fingerprint density at radius 2 is 1.76 bits per heavy atom. The molecule has 1 aromatic heterocycles. The molecule has 1 aliphatic heterocycles. The molecule has 1 fully saturated rings. The highest BCUT2D eigenvalue weighted by molar-refractivity contribution is 7.88. The summed E-state index contributed by atoms with van der Waals surface area (Å²) in [5.41, 5.74) is -0.435. The Morgan fingerprint density at radius 1 is 1.12 bits per heavy atom. The highest BCUT2D eigenvalue weighted by atomic mass is 32.2. The molecule has 1 saturated heterocycles. The third-order valence-electron chi connectivity index (χ3n) is 4.85. The maximum absolute atomic E-state index is 14.0. The average molecular weight is 492 g/mol. The molecule has 1 atom stereocenters. The largest absolute Gasteiger partial charge is 0.508 e. The van der Waals surface area contributed by atoms with E-state index in [0.29, 0.717) is 0 Å². The van der Waals surface area contributed by atoms with E-state index < -0.39 is 46.0 Å². The van der Waals surface area contributed by atoms with Gasteiger partial charge in [-0.25, -0.2) is 12.8 Å². The first-order valence-electron chi connectivity index (χ1n) is 10.1. The molecule has 1 aliphatic rings. The number of piperazine rings is 1. The lowest BCUT2D eigenvalue weighted by Crippen LogP contribution is -2.60. The van der Waals surface area contributed by atoms with E-state index in [1.807, 2.05) is 0 Å². The molecule has 0 aliphatic carbocycles. The molecule has 0 amide bonds. The smallest absolute Gasteiger partial charge is 0.410 e. The number of aromatic hydroxyl groups is 1. The van der Waals surface area contributed by atoms with E-state index in [9.17, 15) is 31.1 Å². The summed E-state index contributed by atoms with van der Waals surface area (Å²) in [4.78, 5) is 5.03. The van der Waals surface area contributed by atoms with Crippen LogP contribution in [0.2, 0.25) is 0 Å². The Hall–Kier alpha value is -2.60. The predicted molar refractivity (Wildman–Crippen MR) is 114 cm³/mol. The molecule has 2 aromatic rings. The molecular formula is C21H25F4N3O4S. The summed E-state index contributed by atoms with van der Waals surface area (Å²) in [6.45, 7) is 3.80. The number of alkyl halides is 3. The molecule has 1 aromatic carbocycles. The van der Waals surface area contributed by atoms with Gasteiger partial charge in [-0.15, -0.1) is 0 Å². The van der Waals surface area contributed by atoms with Gasteiger partial charge in [0.05, 0.1) is 5.75 Å². The number of halogens is 4. The van der Waals surface area contributed by atoms with E-state index >= 15 is 0 Å². The van der Waals surface area contributed by atoms with E-state index in [1.54, 1.807) is 20.8 Å². The van der Waals surface area contributed by atoms with Crippen LogP contribution >= 0.6 is 0 Å². The molecule has 2 heterocycles. The van der Waals surface area contributed by atoms with Gasteiger partial charge in [-0.05, 0) is 38.5 Å². The fourth-order valence-corrected chi connectivity index (χ4v) is 4.96. The van der Waals surface area contributed by atoms with Crippen molar-refractivity contribution in [1.82, 2.24) is 9.29 Å². The van der Waals surface area contributed by atoms with Crippen molar-refractivity contribution < 1.29 is 35.8 Å². The van der Waals surface area contributed by atoms with Crippen molar-refractivity contribution in [3.8, 4) is 11.6 Å². The lowest BCUT2D eigenvalue weighted by Gasteiger charge is -2.42. The zero-order valence-corrected chi connectivity index (χ0v) is 19.1. The van der Waals surface area contributed by atoms with Gasteiger partial charge >= 0.3 is 6.18 Å². The normalized spacial score (nSPS) is 18.4. The minimum absolute atomic E-state index is 0.0511. The third-order valence-corrected chi connectivity index (χ3v) is 6.67. The predicted octanol–water partition coefficient (Wildman–Crippen LogP) is 3.69. The van der Waals surface area contributed by atoms with Gasteiger partial charge in [0.1, 0.15) is 29.0 Å². The second kappa shape index (κ2) is 8.98. The Balaban J connectivity index is 1.87. The molecule has 0 spiro atoms. The van der Waals surface area contributed by atoms with Crippen molar-refractivity contribution in [2.45, 2.75) is 44.3 Å². The number of aromatic nitrogens is 1. The number of sulfonamides is 1. The van der Waals surface area contributed by atoms with Gasteiger partial charge in [0.25, 0.3) is 0 Å². The maximum atomic E-state index is 14.0. The van der Waals surface area contributed by atoms with Crippen LogP contribution in [0.1, 0.15) is 26.3 Å². The molecular weight excluding hydrogens is 466 g/mol. The van der Waals surface area contributed by atoms with Crippen LogP contribution in [0.5, 0.6) is 11.6 Å². The van der Waals surface area contributed by atoms with Crippen LogP contribution in [0, 0.1) is 5.82 Å². The van der Waals surface area contributed by atoms with Gasteiger partial charge in [0.2, 0.25) is 15.9 Å². The molecule has 33 heavy (non-hydrogen) atoms. The second-order valence-corrected chi connectivity index (χ2v) is 10.7. The molecule has 0 bridgehead atoms. The number of hydrogen-bond acceptors (Lipinski definition) is 6. The molecule has 1 unspecified atom stereocenters. The van der Waals surface area contributed by atoms with Gasteiger partial charge in [-0.3, -0.25) is 0 Å².